The summed E-state index contributed by atoms with van der Waals surface area (Å²) in [5.74, 6) is 0. The Morgan fingerprint density at radius 2 is 1.94 bits per heavy atom. The molecular weight excluding hydrogens is 265 g/mol. The molecule has 1 atom stereocenters. The average molecular weight is 288 g/mol. The molecule has 0 spiro atoms. The van der Waals surface area contributed by atoms with Crippen molar-refractivity contribution in [3.63, 3.8) is 0 Å². The van der Waals surface area contributed by atoms with Gasteiger partial charge in [-0.15, -0.1) is 0 Å². The molecule has 102 valence electrons. The number of halogens is 2. The number of nitrogens with two attached hydrogens (primary N) is 1. The van der Waals surface area contributed by atoms with Crippen molar-refractivity contribution in [1.82, 2.24) is 0 Å². The standard InChI is InChI=1S/C15H23Cl2N/c1-3-5-9-15(4-2,11-18)10-12-7-6-8-13(16)14(12)17/h6-8H,3-5,9-11,18H2,1-2H3. The minimum atomic E-state index is 0.157. The van der Waals surface area contributed by atoms with Gasteiger partial charge in [-0.1, -0.05) is 62.0 Å². The quantitative estimate of drug-likeness (QED) is 0.743. The second-order valence-corrected chi connectivity index (χ2v) is 5.84. The summed E-state index contributed by atoms with van der Waals surface area (Å²) in [5, 5.41) is 1.31. The fraction of sp³-hybridized carbons (Fsp3) is 0.600. The molecule has 0 aliphatic heterocycles. The van der Waals surface area contributed by atoms with E-state index in [4.69, 9.17) is 28.9 Å². The summed E-state index contributed by atoms with van der Waals surface area (Å²) in [6.45, 7) is 5.12. The van der Waals surface area contributed by atoms with Crippen LogP contribution in [0, 0.1) is 5.41 Å². The molecule has 0 aliphatic rings. The molecule has 1 rings (SSSR count). The average Bonchev–Trinajstić information content (AvgIpc) is 2.40. The van der Waals surface area contributed by atoms with Gasteiger partial charge in [0, 0.05) is 0 Å². The van der Waals surface area contributed by atoms with Gasteiger partial charge in [-0.25, -0.2) is 0 Å². The number of benzene rings is 1. The lowest BCUT2D eigenvalue weighted by Gasteiger charge is -2.32. The van der Waals surface area contributed by atoms with Crippen molar-refractivity contribution in [3.05, 3.63) is 33.8 Å². The van der Waals surface area contributed by atoms with Crippen LogP contribution in [0.4, 0.5) is 0 Å². The van der Waals surface area contributed by atoms with Gasteiger partial charge in [0.15, 0.2) is 0 Å². The van der Waals surface area contributed by atoms with Gasteiger partial charge in [0.05, 0.1) is 10.0 Å². The minimum absolute atomic E-state index is 0.157. The molecule has 2 N–H and O–H groups in total. The van der Waals surface area contributed by atoms with Crippen LogP contribution in [0.15, 0.2) is 18.2 Å². The second-order valence-electron chi connectivity index (χ2n) is 5.05. The molecule has 0 radical (unpaired) electrons. The number of unbranched alkanes of at least 4 members (excludes halogenated alkanes) is 1. The Labute approximate surface area is 121 Å². The summed E-state index contributed by atoms with van der Waals surface area (Å²) < 4.78 is 0. The third kappa shape index (κ3) is 3.88. The Kier molecular flexibility index (Phi) is 6.48. The topological polar surface area (TPSA) is 26.0 Å². The molecule has 0 aromatic heterocycles. The Bertz CT molecular complexity index is 373. The van der Waals surface area contributed by atoms with Gasteiger partial charge < -0.3 is 5.73 Å². The zero-order chi connectivity index (χ0) is 13.6. The van der Waals surface area contributed by atoms with Gasteiger partial charge in [-0.05, 0) is 42.9 Å². The van der Waals surface area contributed by atoms with E-state index in [-0.39, 0.29) is 5.41 Å². The predicted octanol–water partition coefficient (Wildman–Crippen LogP) is 5.08. The third-order valence-electron chi connectivity index (χ3n) is 3.84. The fourth-order valence-electron chi connectivity index (χ4n) is 2.35. The molecule has 0 bridgehead atoms. The van der Waals surface area contributed by atoms with Crippen molar-refractivity contribution < 1.29 is 0 Å². The number of rotatable bonds is 7. The van der Waals surface area contributed by atoms with Crippen molar-refractivity contribution in [2.24, 2.45) is 11.1 Å². The van der Waals surface area contributed by atoms with Crippen molar-refractivity contribution in [1.29, 1.82) is 0 Å². The highest BCUT2D eigenvalue weighted by atomic mass is 35.5. The first-order valence-electron chi connectivity index (χ1n) is 6.71. The molecule has 1 aromatic rings. The summed E-state index contributed by atoms with van der Waals surface area (Å²) in [5.41, 5.74) is 7.29. The highest BCUT2D eigenvalue weighted by Crippen LogP contribution is 2.36. The summed E-state index contributed by atoms with van der Waals surface area (Å²) in [7, 11) is 0. The van der Waals surface area contributed by atoms with E-state index in [9.17, 15) is 0 Å². The Morgan fingerprint density at radius 3 is 2.50 bits per heavy atom. The molecule has 0 saturated carbocycles. The summed E-state index contributed by atoms with van der Waals surface area (Å²) >= 11 is 12.3. The van der Waals surface area contributed by atoms with Crippen LogP contribution in [-0.2, 0) is 6.42 Å². The Balaban J connectivity index is 2.92. The third-order valence-corrected chi connectivity index (χ3v) is 4.70. The van der Waals surface area contributed by atoms with E-state index in [0.717, 1.165) is 24.8 Å². The first-order valence-corrected chi connectivity index (χ1v) is 7.47. The van der Waals surface area contributed by atoms with E-state index in [1.54, 1.807) is 0 Å². The zero-order valence-corrected chi connectivity index (χ0v) is 12.8. The lowest BCUT2D eigenvalue weighted by atomic mass is 9.75. The van der Waals surface area contributed by atoms with Crippen molar-refractivity contribution in [3.8, 4) is 0 Å². The van der Waals surface area contributed by atoms with Gasteiger partial charge in [-0.3, -0.25) is 0 Å². The predicted molar refractivity (Wildman–Crippen MR) is 81.5 cm³/mol. The zero-order valence-electron chi connectivity index (χ0n) is 11.3. The van der Waals surface area contributed by atoms with E-state index in [1.165, 1.54) is 12.8 Å². The summed E-state index contributed by atoms with van der Waals surface area (Å²) in [4.78, 5) is 0. The molecule has 0 aliphatic carbocycles. The highest BCUT2D eigenvalue weighted by Gasteiger charge is 2.27. The van der Waals surface area contributed by atoms with Gasteiger partial charge >= 0.3 is 0 Å². The maximum Gasteiger partial charge on any atom is 0.0624 e. The largest absolute Gasteiger partial charge is 0.330 e. The maximum atomic E-state index is 6.27. The van der Waals surface area contributed by atoms with Gasteiger partial charge in [0.2, 0.25) is 0 Å². The summed E-state index contributed by atoms with van der Waals surface area (Å²) in [6, 6.07) is 5.84. The SMILES string of the molecule is CCCCC(CC)(CN)Cc1cccc(Cl)c1Cl. The first kappa shape index (κ1) is 15.8. The van der Waals surface area contributed by atoms with Crippen LogP contribution in [0.25, 0.3) is 0 Å². The van der Waals surface area contributed by atoms with E-state index in [0.29, 0.717) is 16.6 Å². The van der Waals surface area contributed by atoms with Crippen LogP contribution in [0.2, 0.25) is 10.0 Å². The smallest absolute Gasteiger partial charge is 0.0624 e. The maximum absolute atomic E-state index is 6.27. The molecule has 1 aromatic carbocycles. The second kappa shape index (κ2) is 7.37. The van der Waals surface area contributed by atoms with Gasteiger partial charge in [0.1, 0.15) is 0 Å². The molecule has 0 saturated heterocycles. The van der Waals surface area contributed by atoms with E-state index < -0.39 is 0 Å². The van der Waals surface area contributed by atoms with Crippen LogP contribution < -0.4 is 5.73 Å². The van der Waals surface area contributed by atoms with Crippen LogP contribution in [-0.4, -0.2) is 6.54 Å². The molecule has 0 fully saturated rings. The Morgan fingerprint density at radius 1 is 1.22 bits per heavy atom. The van der Waals surface area contributed by atoms with Crippen molar-refractivity contribution in [2.45, 2.75) is 46.0 Å². The molecule has 1 unspecified atom stereocenters. The van der Waals surface area contributed by atoms with Crippen LogP contribution in [0.1, 0.15) is 45.1 Å². The molecule has 3 heteroatoms. The molecule has 0 heterocycles. The van der Waals surface area contributed by atoms with Crippen molar-refractivity contribution in [2.75, 3.05) is 6.54 Å². The highest BCUT2D eigenvalue weighted by molar-refractivity contribution is 6.42. The normalized spacial score (nSPS) is 14.5. The molecule has 1 nitrogen and oxygen atoms in total. The van der Waals surface area contributed by atoms with Crippen molar-refractivity contribution >= 4 is 23.2 Å². The first-order chi connectivity index (χ1) is 8.58. The number of hydrogen-bond donors (Lipinski definition) is 1. The fourth-order valence-corrected chi connectivity index (χ4v) is 2.74. The Hall–Kier alpha value is -0.240. The molecule has 18 heavy (non-hydrogen) atoms. The molecular formula is C15H23Cl2N. The lowest BCUT2D eigenvalue weighted by Crippen LogP contribution is -2.32. The van der Waals surface area contributed by atoms with Crippen LogP contribution >= 0.6 is 23.2 Å². The van der Waals surface area contributed by atoms with Crippen LogP contribution in [0.3, 0.4) is 0 Å². The van der Waals surface area contributed by atoms with E-state index >= 15 is 0 Å². The minimum Gasteiger partial charge on any atom is -0.330 e. The van der Waals surface area contributed by atoms with Gasteiger partial charge in [0.25, 0.3) is 0 Å². The van der Waals surface area contributed by atoms with Crippen LogP contribution in [0.5, 0.6) is 0 Å². The lowest BCUT2D eigenvalue weighted by molar-refractivity contribution is 0.251. The molecule has 0 amide bonds. The van der Waals surface area contributed by atoms with Gasteiger partial charge in [-0.2, -0.15) is 0 Å². The monoisotopic (exact) mass is 287 g/mol. The van der Waals surface area contributed by atoms with E-state index in [1.807, 2.05) is 12.1 Å². The van der Waals surface area contributed by atoms with E-state index in [2.05, 4.69) is 19.9 Å². The summed E-state index contributed by atoms with van der Waals surface area (Å²) in [6.07, 6.45) is 5.55. The number of hydrogen-bond acceptors (Lipinski definition) is 1.